The van der Waals surface area contributed by atoms with Crippen LogP contribution in [0.4, 0.5) is 11.4 Å². The third-order valence-electron chi connectivity index (χ3n) is 3.90. The van der Waals surface area contributed by atoms with Gasteiger partial charge in [0.05, 0.1) is 22.6 Å². The van der Waals surface area contributed by atoms with E-state index in [4.69, 9.17) is 27.9 Å². The maximum Gasteiger partial charge on any atom is 0.261 e. The third-order valence-corrected chi connectivity index (χ3v) is 7.13. The predicted octanol–water partition coefficient (Wildman–Crippen LogP) is 4.60. The van der Waals surface area contributed by atoms with Gasteiger partial charge in [-0.25, -0.2) is 16.8 Å². The van der Waals surface area contributed by atoms with Gasteiger partial charge in [-0.05, 0) is 66.7 Å². The molecule has 2 N–H and O–H groups in total. The van der Waals surface area contributed by atoms with Crippen LogP contribution in [0.1, 0.15) is 0 Å². The molecule has 0 saturated heterocycles. The van der Waals surface area contributed by atoms with Crippen LogP contribution >= 0.6 is 23.2 Å². The Hall–Kier alpha value is -2.46. The average Bonchev–Trinajstić information content (AvgIpc) is 2.67. The van der Waals surface area contributed by atoms with Crippen LogP contribution in [0.25, 0.3) is 0 Å². The summed E-state index contributed by atoms with van der Waals surface area (Å²) in [4.78, 5) is -0.0227. The molecule has 7 nitrogen and oxygen atoms in total. The molecule has 0 radical (unpaired) electrons. The third kappa shape index (κ3) is 5.37. The first-order valence-corrected chi connectivity index (χ1v) is 12.1. The second-order valence-electron chi connectivity index (χ2n) is 6.07. The summed E-state index contributed by atoms with van der Waals surface area (Å²) in [5.41, 5.74) is 0.410. The van der Waals surface area contributed by atoms with Crippen molar-refractivity contribution in [3.05, 3.63) is 76.8 Å². The summed E-state index contributed by atoms with van der Waals surface area (Å²) in [6.45, 7) is 0. The first-order valence-electron chi connectivity index (χ1n) is 8.35. The molecule has 0 heterocycles. The highest BCUT2D eigenvalue weighted by molar-refractivity contribution is 7.93. The fourth-order valence-electron chi connectivity index (χ4n) is 2.50. The quantitative estimate of drug-likeness (QED) is 0.507. The monoisotopic (exact) mass is 486 g/mol. The molecule has 3 aromatic rings. The molecule has 3 aromatic carbocycles. The fourth-order valence-corrected chi connectivity index (χ4v) is 5.12. The zero-order valence-electron chi connectivity index (χ0n) is 15.5. The van der Waals surface area contributed by atoms with E-state index in [-0.39, 0.29) is 31.2 Å². The lowest BCUT2D eigenvalue weighted by atomic mass is 10.3. The van der Waals surface area contributed by atoms with Gasteiger partial charge in [-0.15, -0.1) is 0 Å². The molecular formula is C19H16Cl2N2O5S2. The van der Waals surface area contributed by atoms with Crippen LogP contribution in [0.2, 0.25) is 10.0 Å². The van der Waals surface area contributed by atoms with Gasteiger partial charge < -0.3 is 4.74 Å². The van der Waals surface area contributed by atoms with E-state index in [1.54, 1.807) is 0 Å². The molecule has 3 rings (SSSR count). The minimum absolute atomic E-state index is 0.0412. The molecule has 0 fully saturated rings. The number of halogens is 2. The summed E-state index contributed by atoms with van der Waals surface area (Å²) in [5, 5.41) is 0.562. The highest BCUT2D eigenvalue weighted by Gasteiger charge is 2.17. The lowest BCUT2D eigenvalue weighted by Gasteiger charge is -2.11. The molecule has 0 spiro atoms. The Morgan fingerprint density at radius 2 is 1.10 bits per heavy atom. The lowest BCUT2D eigenvalue weighted by molar-refractivity contribution is 0.414. The second-order valence-corrected chi connectivity index (χ2v) is 10.3. The first kappa shape index (κ1) is 22.2. The van der Waals surface area contributed by atoms with Crippen molar-refractivity contribution in [3.63, 3.8) is 0 Å². The number of hydrogen-bond acceptors (Lipinski definition) is 5. The van der Waals surface area contributed by atoms with E-state index in [1.807, 2.05) is 0 Å². The van der Waals surface area contributed by atoms with E-state index in [0.29, 0.717) is 5.75 Å². The van der Waals surface area contributed by atoms with Crippen molar-refractivity contribution >= 4 is 54.6 Å². The highest BCUT2D eigenvalue weighted by atomic mass is 35.5. The molecule has 0 aliphatic heterocycles. The van der Waals surface area contributed by atoms with E-state index in [1.165, 1.54) is 73.8 Å². The van der Waals surface area contributed by atoms with Gasteiger partial charge in [0.25, 0.3) is 20.0 Å². The van der Waals surface area contributed by atoms with E-state index >= 15 is 0 Å². The summed E-state index contributed by atoms with van der Waals surface area (Å²) in [7, 11) is -6.29. The lowest BCUT2D eigenvalue weighted by Crippen LogP contribution is -2.14. The van der Waals surface area contributed by atoms with Crippen molar-refractivity contribution in [1.82, 2.24) is 0 Å². The Labute approximate surface area is 184 Å². The van der Waals surface area contributed by atoms with Gasteiger partial charge in [0.2, 0.25) is 0 Å². The number of ether oxygens (including phenoxy) is 1. The number of methoxy groups -OCH3 is 1. The Morgan fingerprint density at radius 1 is 0.667 bits per heavy atom. The van der Waals surface area contributed by atoms with Crippen LogP contribution < -0.4 is 14.2 Å². The van der Waals surface area contributed by atoms with Crippen molar-refractivity contribution < 1.29 is 21.6 Å². The van der Waals surface area contributed by atoms with Crippen LogP contribution in [0.3, 0.4) is 0 Å². The molecule has 0 aromatic heterocycles. The minimum atomic E-state index is -3.93. The largest absolute Gasteiger partial charge is 0.497 e. The zero-order chi connectivity index (χ0) is 21.9. The Kier molecular flexibility index (Phi) is 6.47. The van der Waals surface area contributed by atoms with Crippen molar-refractivity contribution in [2.75, 3.05) is 16.6 Å². The van der Waals surface area contributed by atoms with Crippen molar-refractivity contribution in [2.45, 2.75) is 9.79 Å². The topological polar surface area (TPSA) is 102 Å². The van der Waals surface area contributed by atoms with Gasteiger partial charge in [-0.1, -0.05) is 23.2 Å². The summed E-state index contributed by atoms with van der Waals surface area (Å²) < 4.78 is 59.8. The molecule has 0 aliphatic carbocycles. The van der Waals surface area contributed by atoms with Gasteiger partial charge in [0, 0.05) is 15.7 Å². The van der Waals surface area contributed by atoms with Crippen LogP contribution in [0, 0.1) is 0 Å². The van der Waals surface area contributed by atoms with Crippen LogP contribution in [-0.4, -0.2) is 23.9 Å². The van der Waals surface area contributed by atoms with Gasteiger partial charge in [0.15, 0.2) is 0 Å². The SMILES string of the molecule is COc1ccc(S(=O)(=O)Nc2ccc(S(=O)(=O)Nc3cc(Cl)cc(Cl)c3)cc2)cc1. The van der Waals surface area contributed by atoms with Gasteiger partial charge in [-0.3, -0.25) is 9.44 Å². The molecule has 158 valence electrons. The van der Waals surface area contributed by atoms with Gasteiger partial charge in [-0.2, -0.15) is 0 Å². The summed E-state index contributed by atoms with van der Waals surface area (Å²) in [6, 6.07) is 15.4. The van der Waals surface area contributed by atoms with Gasteiger partial charge in [0.1, 0.15) is 5.75 Å². The number of nitrogens with one attached hydrogen (secondary N) is 2. The number of hydrogen-bond donors (Lipinski definition) is 2. The van der Waals surface area contributed by atoms with Crippen LogP contribution in [-0.2, 0) is 20.0 Å². The Morgan fingerprint density at radius 3 is 1.57 bits per heavy atom. The van der Waals surface area contributed by atoms with Crippen molar-refractivity contribution in [2.24, 2.45) is 0 Å². The molecule has 0 atom stereocenters. The fraction of sp³-hybridized carbons (Fsp3) is 0.0526. The molecule has 11 heteroatoms. The van der Waals surface area contributed by atoms with Gasteiger partial charge >= 0.3 is 0 Å². The molecule has 0 saturated carbocycles. The number of benzene rings is 3. The Bertz CT molecular complexity index is 1240. The summed E-state index contributed by atoms with van der Waals surface area (Å²) in [5.74, 6) is 0.525. The molecule has 0 bridgehead atoms. The second kappa shape index (κ2) is 8.73. The standard InChI is InChI=1S/C19H16Cl2N2O5S2/c1-28-17-4-8-19(9-5-17)29(24,25)22-15-2-6-18(7-3-15)30(26,27)23-16-11-13(20)10-14(21)12-16/h2-12,22-23H,1H3. The predicted molar refractivity (Wildman–Crippen MR) is 118 cm³/mol. The van der Waals surface area contributed by atoms with Crippen LogP contribution in [0.15, 0.2) is 76.5 Å². The van der Waals surface area contributed by atoms with E-state index in [2.05, 4.69) is 9.44 Å². The highest BCUT2D eigenvalue weighted by Crippen LogP contribution is 2.25. The van der Waals surface area contributed by atoms with Crippen LogP contribution in [0.5, 0.6) is 5.75 Å². The van der Waals surface area contributed by atoms with E-state index in [9.17, 15) is 16.8 Å². The number of anilines is 2. The molecule has 0 unspecified atom stereocenters. The maximum atomic E-state index is 12.6. The average molecular weight is 487 g/mol. The smallest absolute Gasteiger partial charge is 0.261 e. The summed E-state index contributed by atoms with van der Waals surface area (Å²) in [6.07, 6.45) is 0. The van der Waals surface area contributed by atoms with E-state index < -0.39 is 20.0 Å². The van der Waals surface area contributed by atoms with Crippen molar-refractivity contribution in [1.29, 1.82) is 0 Å². The molecule has 0 amide bonds. The van der Waals surface area contributed by atoms with E-state index in [0.717, 1.165) is 0 Å². The van der Waals surface area contributed by atoms with Crippen molar-refractivity contribution in [3.8, 4) is 5.75 Å². The molecule has 30 heavy (non-hydrogen) atoms. The number of rotatable bonds is 7. The normalized spacial score (nSPS) is 11.7. The number of sulfonamides is 2. The zero-order valence-corrected chi connectivity index (χ0v) is 18.6. The molecule has 0 aliphatic rings. The minimum Gasteiger partial charge on any atom is -0.497 e. The summed E-state index contributed by atoms with van der Waals surface area (Å²) >= 11 is 11.8. The molecular weight excluding hydrogens is 471 g/mol. The first-order chi connectivity index (χ1) is 14.1. The maximum absolute atomic E-state index is 12.6. The Balaban J connectivity index is 1.78.